The third-order valence-electron chi connectivity index (χ3n) is 3.25. The minimum absolute atomic E-state index is 0.741. The fraction of sp³-hybridized carbons (Fsp3) is 0.125. The van der Waals surface area contributed by atoms with Crippen LogP contribution in [-0.4, -0.2) is 17.0 Å². The number of aromatic nitrogens is 2. The molecule has 0 bridgehead atoms. The van der Waals surface area contributed by atoms with E-state index in [4.69, 9.17) is 4.98 Å². The molecular formula is C16H14BrN3S. The Labute approximate surface area is 136 Å². The summed E-state index contributed by atoms with van der Waals surface area (Å²) in [4.78, 5) is 10.5. The van der Waals surface area contributed by atoms with Crippen molar-refractivity contribution in [2.45, 2.75) is 6.92 Å². The van der Waals surface area contributed by atoms with Crippen molar-refractivity contribution in [2.24, 2.45) is 0 Å². The summed E-state index contributed by atoms with van der Waals surface area (Å²) in [6, 6.07) is 12.2. The molecule has 3 rings (SSSR count). The predicted molar refractivity (Wildman–Crippen MR) is 92.8 cm³/mol. The molecule has 1 aromatic carbocycles. The van der Waals surface area contributed by atoms with Crippen molar-refractivity contribution >= 4 is 33.1 Å². The zero-order valence-electron chi connectivity index (χ0n) is 11.7. The van der Waals surface area contributed by atoms with E-state index in [1.807, 2.05) is 43.6 Å². The number of nitrogens with zero attached hydrogens (tertiary/aromatic N) is 2. The van der Waals surface area contributed by atoms with E-state index >= 15 is 0 Å². The second-order valence-electron chi connectivity index (χ2n) is 4.58. The van der Waals surface area contributed by atoms with Crippen LogP contribution in [0.25, 0.3) is 22.0 Å². The van der Waals surface area contributed by atoms with Crippen molar-refractivity contribution in [3.8, 4) is 22.0 Å². The lowest BCUT2D eigenvalue weighted by Gasteiger charge is -2.12. The minimum atomic E-state index is 0.741. The Bertz CT molecular complexity index is 768. The van der Waals surface area contributed by atoms with Crippen LogP contribution in [-0.2, 0) is 0 Å². The summed E-state index contributed by atoms with van der Waals surface area (Å²) < 4.78 is 1.03. The smallest absolute Gasteiger partial charge is 0.173 e. The van der Waals surface area contributed by atoms with Crippen LogP contribution in [0.3, 0.4) is 0 Å². The number of thiophene rings is 1. The minimum Gasteiger partial charge on any atom is -0.373 e. The van der Waals surface area contributed by atoms with E-state index in [1.54, 1.807) is 11.3 Å². The topological polar surface area (TPSA) is 37.8 Å². The molecule has 106 valence electrons. The Morgan fingerprint density at radius 3 is 2.48 bits per heavy atom. The monoisotopic (exact) mass is 359 g/mol. The number of hydrogen-bond donors (Lipinski definition) is 1. The largest absolute Gasteiger partial charge is 0.373 e. The molecule has 2 aromatic heterocycles. The highest BCUT2D eigenvalue weighted by atomic mass is 79.9. The van der Waals surface area contributed by atoms with Gasteiger partial charge in [0.15, 0.2) is 5.82 Å². The van der Waals surface area contributed by atoms with E-state index in [1.165, 1.54) is 0 Å². The summed E-state index contributed by atoms with van der Waals surface area (Å²) in [5, 5.41) is 5.20. The Morgan fingerprint density at radius 2 is 1.86 bits per heavy atom. The zero-order valence-corrected chi connectivity index (χ0v) is 14.1. The van der Waals surface area contributed by atoms with Gasteiger partial charge in [0.25, 0.3) is 0 Å². The van der Waals surface area contributed by atoms with Gasteiger partial charge in [0.1, 0.15) is 5.82 Å². The van der Waals surface area contributed by atoms with E-state index in [-0.39, 0.29) is 0 Å². The SMILES string of the molecule is CNc1nc(-c2sccc2Br)nc(-c2ccccc2)c1C. The summed E-state index contributed by atoms with van der Waals surface area (Å²) in [7, 11) is 1.89. The van der Waals surface area contributed by atoms with E-state index in [0.29, 0.717) is 0 Å². The molecule has 0 aliphatic heterocycles. The third-order valence-corrected chi connectivity index (χ3v) is 5.08. The zero-order chi connectivity index (χ0) is 14.8. The molecule has 0 spiro atoms. The standard InChI is InChI=1S/C16H14BrN3S/c1-10-13(11-6-4-3-5-7-11)19-16(20-15(10)18-2)14-12(17)8-9-21-14/h3-9H,1-2H3,(H,18,19,20). The summed E-state index contributed by atoms with van der Waals surface area (Å²) in [5.74, 6) is 1.60. The van der Waals surface area contributed by atoms with Gasteiger partial charge in [0, 0.05) is 22.6 Å². The summed E-state index contributed by atoms with van der Waals surface area (Å²) in [5.41, 5.74) is 3.12. The first kappa shape index (κ1) is 14.2. The predicted octanol–water partition coefficient (Wildman–Crippen LogP) is 4.98. The summed E-state index contributed by atoms with van der Waals surface area (Å²) in [6.45, 7) is 2.04. The number of halogens is 1. The van der Waals surface area contributed by atoms with Crippen molar-refractivity contribution in [1.82, 2.24) is 9.97 Å². The van der Waals surface area contributed by atoms with Gasteiger partial charge in [-0.25, -0.2) is 9.97 Å². The molecular weight excluding hydrogens is 346 g/mol. The lowest BCUT2D eigenvalue weighted by molar-refractivity contribution is 1.14. The Balaban J connectivity index is 2.23. The van der Waals surface area contributed by atoms with E-state index in [9.17, 15) is 0 Å². The van der Waals surface area contributed by atoms with E-state index in [2.05, 4.69) is 38.4 Å². The maximum Gasteiger partial charge on any atom is 0.173 e. The van der Waals surface area contributed by atoms with Crippen LogP contribution < -0.4 is 5.32 Å². The van der Waals surface area contributed by atoms with Gasteiger partial charge in [-0.05, 0) is 34.3 Å². The fourth-order valence-corrected chi connectivity index (χ4v) is 3.67. The molecule has 5 heteroatoms. The Hall–Kier alpha value is -1.72. The fourth-order valence-electron chi connectivity index (χ4n) is 2.19. The molecule has 3 aromatic rings. The molecule has 3 nitrogen and oxygen atoms in total. The number of rotatable bonds is 3. The van der Waals surface area contributed by atoms with Gasteiger partial charge >= 0.3 is 0 Å². The number of benzene rings is 1. The van der Waals surface area contributed by atoms with Crippen molar-refractivity contribution in [3.63, 3.8) is 0 Å². The maximum absolute atomic E-state index is 4.78. The molecule has 0 saturated carbocycles. The van der Waals surface area contributed by atoms with Crippen LogP contribution in [0, 0.1) is 6.92 Å². The van der Waals surface area contributed by atoms with Gasteiger partial charge in [-0.1, -0.05) is 30.3 Å². The van der Waals surface area contributed by atoms with Gasteiger partial charge in [0.2, 0.25) is 0 Å². The first-order valence-corrected chi connectivity index (χ1v) is 8.23. The van der Waals surface area contributed by atoms with Crippen LogP contribution in [0.1, 0.15) is 5.56 Å². The van der Waals surface area contributed by atoms with Gasteiger partial charge in [0.05, 0.1) is 10.6 Å². The molecule has 2 heterocycles. The van der Waals surface area contributed by atoms with Crippen LogP contribution in [0.15, 0.2) is 46.3 Å². The van der Waals surface area contributed by atoms with Crippen molar-refractivity contribution in [1.29, 1.82) is 0 Å². The molecule has 0 radical (unpaired) electrons. The van der Waals surface area contributed by atoms with Crippen LogP contribution in [0.2, 0.25) is 0 Å². The second-order valence-corrected chi connectivity index (χ2v) is 6.35. The maximum atomic E-state index is 4.78. The molecule has 0 fully saturated rings. The molecule has 0 atom stereocenters. The molecule has 1 N–H and O–H groups in total. The molecule has 0 saturated heterocycles. The third kappa shape index (κ3) is 2.71. The van der Waals surface area contributed by atoms with Crippen LogP contribution in [0.4, 0.5) is 5.82 Å². The first-order chi connectivity index (χ1) is 10.2. The van der Waals surface area contributed by atoms with Gasteiger partial charge in [-0.2, -0.15) is 0 Å². The van der Waals surface area contributed by atoms with Crippen molar-refractivity contribution < 1.29 is 0 Å². The van der Waals surface area contributed by atoms with E-state index < -0.39 is 0 Å². The average Bonchev–Trinajstić information content (AvgIpc) is 2.94. The highest BCUT2D eigenvalue weighted by Crippen LogP contribution is 2.34. The molecule has 0 unspecified atom stereocenters. The average molecular weight is 360 g/mol. The van der Waals surface area contributed by atoms with Crippen LogP contribution >= 0.6 is 27.3 Å². The molecule has 21 heavy (non-hydrogen) atoms. The van der Waals surface area contributed by atoms with Gasteiger partial charge in [-0.15, -0.1) is 11.3 Å². The lowest BCUT2D eigenvalue weighted by Crippen LogP contribution is -2.02. The quantitative estimate of drug-likeness (QED) is 0.716. The number of hydrogen-bond acceptors (Lipinski definition) is 4. The number of anilines is 1. The summed E-state index contributed by atoms with van der Waals surface area (Å²) >= 11 is 5.19. The van der Waals surface area contributed by atoms with Crippen LogP contribution in [0.5, 0.6) is 0 Å². The molecule has 0 amide bonds. The van der Waals surface area contributed by atoms with Crippen molar-refractivity contribution in [3.05, 3.63) is 51.8 Å². The Morgan fingerprint density at radius 1 is 1.10 bits per heavy atom. The highest BCUT2D eigenvalue weighted by molar-refractivity contribution is 9.10. The van der Waals surface area contributed by atoms with E-state index in [0.717, 1.165) is 37.8 Å². The van der Waals surface area contributed by atoms with Crippen molar-refractivity contribution in [2.75, 3.05) is 12.4 Å². The normalized spacial score (nSPS) is 10.6. The highest BCUT2D eigenvalue weighted by Gasteiger charge is 2.15. The molecule has 0 aliphatic carbocycles. The first-order valence-electron chi connectivity index (χ1n) is 6.56. The Kier molecular flexibility index (Phi) is 4.03. The van der Waals surface area contributed by atoms with Gasteiger partial charge in [-0.3, -0.25) is 0 Å². The lowest BCUT2D eigenvalue weighted by atomic mass is 10.1. The van der Waals surface area contributed by atoms with Gasteiger partial charge < -0.3 is 5.32 Å². The number of nitrogens with one attached hydrogen (secondary N) is 1. The second kappa shape index (κ2) is 5.95. The molecule has 0 aliphatic rings. The summed E-state index contributed by atoms with van der Waals surface area (Å²) in [6.07, 6.45) is 0.